The van der Waals surface area contributed by atoms with Crippen molar-refractivity contribution in [2.45, 2.75) is 6.54 Å². The average molecular weight is 213 g/mol. The molecule has 0 fully saturated rings. The van der Waals surface area contributed by atoms with Crippen molar-refractivity contribution in [1.29, 1.82) is 0 Å². The number of hydrogen-bond acceptors (Lipinski definition) is 5. The van der Waals surface area contributed by atoms with Crippen LogP contribution in [0, 0.1) is 0 Å². The molecule has 5 nitrogen and oxygen atoms in total. The Balaban J connectivity index is 3.16. The molecule has 0 unspecified atom stereocenters. The Hall–Kier alpha value is -1.46. The predicted octanol–water partition coefficient (Wildman–Crippen LogP) is 1.19. The molecule has 0 aliphatic carbocycles. The fourth-order valence-corrected chi connectivity index (χ4v) is 1.33. The highest BCUT2D eigenvalue weighted by Crippen LogP contribution is 2.38. The van der Waals surface area contributed by atoms with Crippen molar-refractivity contribution >= 4 is 0 Å². The molecular formula is C10H15NO4. The molecule has 0 amide bonds. The van der Waals surface area contributed by atoms with Crippen molar-refractivity contribution in [2.24, 2.45) is 0 Å². The molecule has 0 aliphatic rings. The highest BCUT2D eigenvalue weighted by atomic mass is 16.5. The molecule has 2 N–H and O–H groups in total. The molecule has 15 heavy (non-hydrogen) atoms. The summed E-state index contributed by atoms with van der Waals surface area (Å²) in [7, 11) is 4.64. The molecule has 0 atom stereocenters. The first-order valence-electron chi connectivity index (χ1n) is 4.42. The van der Waals surface area contributed by atoms with E-state index in [1.54, 1.807) is 33.5 Å². The molecule has 1 aromatic rings. The molecule has 0 spiro atoms. The first kappa shape index (κ1) is 11.6. The van der Waals surface area contributed by atoms with E-state index in [1.165, 1.54) is 0 Å². The smallest absolute Gasteiger partial charge is 0.203 e. The predicted molar refractivity (Wildman–Crippen MR) is 54.7 cm³/mol. The molecule has 1 aromatic carbocycles. The van der Waals surface area contributed by atoms with Gasteiger partial charge in [-0.1, -0.05) is 0 Å². The van der Waals surface area contributed by atoms with Gasteiger partial charge in [0.05, 0.1) is 21.3 Å². The van der Waals surface area contributed by atoms with E-state index < -0.39 is 0 Å². The lowest BCUT2D eigenvalue weighted by Crippen LogP contribution is -2.07. The molecule has 0 saturated carbocycles. The Kier molecular flexibility index (Phi) is 4.20. The van der Waals surface area contributed by atoms with Crippen LogP contribution in [0.5, 0.6) is 17.2 Å². The van der Waals surface area contributed by atoms with Crippen LogP contribution in [0.15, 0.2) is 12.1 Å². The maximum atomic E-state index is 8.61. The second-order valence-corrected chi connectivity index (χ2v) is 2.87. The Bertz CT molecular complexity index is 302. The van der Waals surface area contributed by atoms with Gasteiger partial charge in [0.1, 0.15) is 0 Å². The number of rotatable bonds is 5. The van der Waals surface area contributed by atoms with Crippen molar-refractivity contribution in [3.63, 3.8) is 0 Å². The number of ether oxygens (including phenoxy) is 3. The molecule has 0 radical (unpaired) electrons. The molecule has 5 heteroatoms. The van der Waals surface area contributed by atoms with Gasteiger partial charge in [-0.05, 0) is 17.7 Å². The van der Waals surface area contributed by atoms with Crippen LogP contribution in [0.25, 0.3) is 0 Å². The summed E-state index contributed by atoms with van der Waals surface area (Å²) in [5.41, 5.74) is 2.91. The lowest BCUT2D eigenvalue weighted by molar-refractivity contribution is 0.161. The quantitative estimate of drug-likeness (QED) is 0.719. The van der Waals surface area contributed by atoms with Crippen molar-refractivity contribution in [3.05, 3.63) is 17.7 Å². The summed E-state index contributed by atoms with van der Waals surface area (Å²) in [5.74, 6) is 1.69. The molecule has 0 aromatic heterocycles. The van der Waals surface area contributed by atoms with E-state index in [9.17, 15) is 0 Å². The zero-order chi connectivity index (χ0) is 11.3. The summed E-state index contributed by atoms with van der Waals surface area (Å²) < 4.78 is 15.5. The van der Waals surface area contributed by atoms with Crippen LogP contribution in [0.2, 0.25) is 0 Å². The Morgan fingerprint density at radius 1 is 1.07 bits per heavy atom. The topological polar surface area (TPSA) is 60.0 Å². The first-order valence-corrected chi connectivity index (χ1v) is 4.42. The van der Waals surface area contributed by atoms with Gasteiger partial charge in [-0.15, -0.1) is 0 Å². The zero-order valence-corrected chi connectivity index (χ0v) is 9.03. The van der Waals surface area contributed by atoms with Crippen molar-refractivity contribution < 1.29 is 19.4 Å². The highest BCUT2D eigenvalue weighted by Gasteiger charge is 2.12. The van der Waals surface area contributed by atoms with Crippen molar-refractivity contribution in [3.8, 4) is 17.2 Å². The van der Waals surface area contributed by atoms with E-state index in [0.29, 0.717) is 23.8 Å². The lowest BCUT2D eigenvalue weighted by Gasteiger charge is -2.13. The molecule has 0 bridgehead atoms. The average Bonchev–Trinajstić information content (AvgIpc) is 2.28. The summed E-state index contributed by atoms with van der Waals surface area (Å²) in [4.78, 5) is 0. The van der Waals surface area contributed by atoms with Gasteiger partial charge in [0.2, 0.25) is 5.75 Å². The Labute approximate surface area is 88.5 Å². The molecule has 1 rings (SSSR count). The second kappa shape index (κ2) is 5.43. The second-order valence-electron chi connectivity index (χ2n) is 2.87. The van der Waals surface area contributed by atoms with E-state index in [2.05, 4.69) is 5.48 Å². The van der Waals surface area contributed by atoms with Gasteiger partial charge in [0, 0.05) is 6.54 Å². The number of nitrogens with one attached hydrogen (secondary N) is 1. The number of benzene rings is 1. The summed E-state index contributed by atoms with van der Waals surface area (Å²) in [6.45, 7) is 0.316. The van der Waals surface area contributed by atoms with E-state index in [4.69, 9.17) is 19.4 Å². The van der Waals surface area contributed by atoms with Gasteiger partial charge in [0.25, 0.3) is 0 Å². The monoisotopic (exact) mass is 213 g/mol. The van der Waals surface area contributed by atoms with Gasteiger partial charge < -0.3 is 19.4 Å². The van der Waals surface area contributed by atoms with Gasteiger partial charge >= 0.3 is 0 Å². The zero-order valence-electron chi connectivity index (χ0n) is 9.03. The lowest BCUT2D eigenvalue weighted by atomic mass is 10.2. The van der Waals surface area contributed by atoms with Gasteiger partial charge in [-0.25, -0.2) is 5.48 Å². The molecule has 0 saturated heterocycles. The summed E-state index contributed by atoms with van der Waals surface area (Å²) in [6, 6.07) is 3.54. The van der Waals surface area contributed by atoms with Crippen LogP contribution < -0.4 is 19.7 Å². The standard InChI is InChI=1S/C10H15NO4/c1-13-8-4-7(6-11-12)5-9(14-2)10(8)15-3/h4-5,11-12H,6H2,1-3H3. The molecule has 0 heterocycles. The van der Waals surface area contributed by atoms with Crippen molar-refractivity contribution in [1.82, 2.24) is 5.48 Å². The highest BCUT2D eigenvalue weighted by molar-refractivity contribution is 5.53. The number of hydrogen-bond donors (Lipinski definition) is 2. The summed E-state index contributed by atoms with van der Waals surface area (Å²) in [5, 5.41) is 8.61. The normalized spacial score (nSPS) is 9.87. The third-order valence-corrected chi connectivity index (χ3v) is 2.01. The fraction of sp³-hybridized carbons (Fsp3) is 0.400. The Morgan fingerprint density at radius 3 is 1.93 bits per heavy atom. The van der Waals surface area contributed by atoms with Crippen LogP contribution in [-0.2, 0) is 6.54 Å². The van der Waals surface area contributed by atoms with Gasteiger partial charge in [-0.2, -0.15) is 0 Å². The molecule has 84 valence electrons. The number of methoxy groups -OCH3 is 3. The first-order chi connectivity index (χ1) is 7.26. The maximum absolute atomic E-state index is 8.61. The van der Waals surface area contributed by atoms with Crippen LogP contribution in [0.1, 0.15) is 5.56 Å². The largest absolute Gasteiger partial charge is 0.493 e. The third-order valence-electron chi connectivity index (χ3n) is 2.01. The minimum absolute atomic E-state index is 0.316. The van der Waals surface area contributed by atoms with Crippen LogP contribution in [-0.4, -0.2) is 26.5 Å². The van der Waals surface area contributed by atoms with E-state index in [1.807, 2.05) is 0 Å². The van der Waals surface area contributed by atoms with Crippen molar-refractivity contribution in [2.75, 3.05) is 21.3 Å². The van der Waals surface area contributed by atoms with Gasteiger partial charge in [-0.3, -0.25) is 0 Å². The molecular weight excluding hydrogens is 198 g/mol. The SMILES string of the molecule is COc1cc(CNO)cc(OC)c1OC. The minimum atomic E-state index is 0.316. The van der Waals surface area contributed by atoms with Crippen LogP contribution in [0.4, 0.5) is 0 Å². The minimum Gasteiger partial charge on any atom is -0.493 e. The molecule has 0 aliphatic heterocycles. The Morgan fingerprint density at radius 2 is 1.60 bits per heavy atom. The summed E-state index contributed by atoms with van der Waals surface area (Å²) in [6.07, 6.45) is 0. The fourth-order valence-electron chi connectivity index (χ4n) is 1.33. The summed E-state index contributed by atoms with van der Waals surface area (Å²) >= 11 is 0. The van der Waals surface area contributed by atoms with Gasteiger partial charge in [0.15, 0.2) is 11.5 Å². The van der Waals surface area contributed by atoms with E-state index in [-0.39, 0.29) is 0 Å². The van der Waals surface area contributed by atoms with Crippen LogP contribution >= 0.6 is 0 Å². The number of hydroxylamine groups is 1. The van der Waals surface area contributed by atoms with E-state index in [0.717, 1.165) is 5.56 Å². The van der Waals surface area contributed by atoms with E-state index >= 15 is 0 Å². The third kappa shape index (κ3) is 2.51. The van der Waals surface area contributed by atoms with Crippen LogP contribution in [0.3, 0.4) is 0 Å². The maximum Gasteiger partial charge on any atom is 0.203 e.